The van der Waals surface area contributed by atoms with E-state index in [1.54, 1.807) is 18.3 Å². The molecule has 0 radical (unpaired) electrons. The van der Waals surface area contributed by atoms with E-state index in [9.17, 15) is 4.79 Å². The Morgan fingerprint density at radius 1 is 1.35 bits per heavy atom. The topological polar surface area (TPSA) is 55.2 Å². The average molecular weight is 269 g/mol. The zero-order chi connectivity index (χ0) is 13.9. The van der Waals surface area contributed by atoms with Crippen LogP contribution in [0.3, 0.4) is 0 Å². The maximum absolute atomic E-state index is 12.4. The fourth-order valence-corrected chi connectivity index (χ4v) is 2.14. The monoisotopic (exact) mass is 269 g/mol. The molecule has 0 aliphatic rings. The van der Waals surface area contributed by atoms with Crippen molar-refractivity contribution in [3.05, 3.63) is 54.1 Å². The summed E-state index contributed by atoms with van der Waals surface area (Å²) in [5.41, 5.74) is 1.50. The number of H-pyrrole nitrogens is 1. The van der Waals surface area contributed by atoms with Gasteiger partial charge in [-0.1, -0.05) is 6.92 Å². The summed E-state index contributed by atoms with van der Waals surface area (Å²) in [6, 6.07) is 9.07. The van der Waals surface area contributed by atoms with Gasteiger partial charge in [-0.25, -0.2) is 0 Å². The average Bonchev–Trinajstić information content (AvgIpc) is 3.13. The van der Waals surface area contributed by atoms with Crippen molar-refractivity contribution in [3.63, 3.8) is 0 Å². The van der Waals surface area contributed by atoms with E-state index in [1.807, 2.05) is 18.2 Å². The van der Waals surface area contributed by atoms with Gasteiger partial charge in [0.2, 0.25) is 5.78 Å². The zero-order valence-corrected chi connectivity index (χ0v) is 11.2. The van der Waals surface area contributed by atoms with Gasteiger partial charge in [-0.05, 0) is 36.8 Å². The zero-order valence-electron chi connectivity index (χ0n) is 11.2. The molecule has 1 aromatic carbocycles. The number of carbonyl (C=O) groups is 1. The second-order valence-corrected chi connectivity index (χ2v) is 4.56. The molecule has 0 fully saturated rings. The highest BCUT2D eigenvalue weighted by Crippen LogP contribution is 2.25. The first-order valence-electron chi connectivity index (χ1n) is 6.61. The first-order chi connectivity index (χ1) is 9.79. The highest BCUT2D eigenvalue weighted by Gasteiger charge is 2.16. The highest BCUT2D eigenvalue weighted by atomic mass is 16.5. The van der Waals surface area contributed by atoms with Crippen molar-refractivity contribution < 1.29 is 13.9 Å². The van der Waals surface area contributed by atoms with Crippen molar-refractivity contribution >= 4 is 16.7 Å². The molecule has 0 spiro atoms. The van der Waals surface area contributed by atoms with Gasteiger partial charge in [0.05, 0.1) is 18.4 Å². The third-order valence-electron chi connectivity index (χ3n) is 3.12. The molecule has 0 atom stereocenters. The van der Waals surface area contributed by atoms with E-state index in [0.717, 1.165) is 23.1 Å². The molecule has 0 unspecified atom stereocenters. The van der Waals surface area contributed by atoms with Crippen LogP contribution in [0.4, 0.5) is 0 Å². The molecule has 0 amide bonds. The Labute approximate surface area is 116 Å². The highest BCUT2D eigenvalue weighted by molar-refractivity contribution is 6.15. The maximum Gasteiger partial charge on any atom is 0.230 e. The molecule has 4 nitrogen and oxygen atoms in total. The van der Waals surface area contributed by atoms with Gasteiger partial charge in [-0.3, -0.25) is 4.79 Å². The van der Waals surface area contributed by atoms with Crippen molar-refractivity contribution in [1.82, 2.24) is 4.98 Å². The van der Waals surface area contributed by atoms with Gasteiger partial charge in [0.15, 0.2) is 5.76 Å². The lowest BCUT2D eigenvalue weighted by Gasteiger charge is -2.04. The van der Waals surface area contributed by atoms with Gasteiger partial charge in [0.25, 0.3) is 0 Å². The summed E-state index contributed by atoms with van der Waals surface area (Å²) in [7, 11) is 0. The Morgan fingerprint density at radius 3 is 3.00 bits per heavy atom. The number of furan rings is 1. The van der Waals surface area contributed by atoms with Crippen LogP contribution in [0.1, 0.15) is 29.5 Å². The molecule has 102 valence electrons. The van der Waals surface area contributed by atoms with Crippen molar-refractivity contribution in [3.8, 4) is 5.75 Å². The van der Waals surface area contributed by atoms with Crippen LogP contribution in [0.2, 0.25) is 0 Å². The van der Waals surface area contributed by atoms with Gasteiger partial charge >= 0.3 is 0 Å². The third-order valence-corrected chi connectivity index (χ3v) is 3.12. The second kappa shape index (κ2) is 5.25. The Morgan fingerprint density at radius 2 is 2.25 bits per heavy atom. The number of aromatic nitrogens is 1. The predicted octanol–water partition coefficient (Wildman–Crippen LogP) is 3.78. The molecule has 4 heteroatoms. The van der Waals surface area contributed by atoms with Crippen molar-refractivity contribution in [2.24, 2.45) is 0 Å². The minimum atomic E-state index is -0.131. The number of nitrogens with one attached hydrogen (secondary N) is 1. The first kappa shape index (κ1) is 12.5. The summed E-state index contributed by atoms with van der Waals surface area (Å²) >= 11 is 0. The smallest absolute Gasteiger partial charge is 0.230 e. The van der Waals surface area contributed by atoms with Crippen molar-refractivity contribution in [2.45, 2.75) is 13.3 Å². The number of fused-ring (bicyclic) bond motifs is 1. The van der Waals surface area contributed by atoms with E-state index in [-0.39, 0.29) is 5.78 Å². The van der Waals surface area contributed by atoms with E-state index >= 15 is 0 Å². The van der Waals surface area contributed by atoms with Crippen LogP contribution in [0, 0.1) is 0 Å². The normalized spacial score (nSPS) is 10.8. The number of rotatable bonds is 5. The van der Waals surface area contributed by atoms with Crippen LogP contribution in [-0.4, -0.2) is 17.4 Å². The van der Waals surface area contributed by atoms with E-state index in [0.29, 0.717) is 17.9 Å². The van der Waals surface area contributed by atoms with Gasteiger partial charge in [0, 0.05) is 17.1 Å². The fourth-order valence-electron chi connectivity index (χ4n) is 2.14. The molecule has 20 heavy (non-hydrogen) atoms. The van der Waals surface area contributed by atoms with Crippen LogP contribution < -0.4 is 4.74 Å². The fraction of sp³-hybridized carbons (Fsp3) is 0.188. The molecule has 3 rings (SSSR count). The Balaban J connectivity index is 2.00. The molecule has 0 aliphatic heterocycles. The lowest BCUT2D eigenvalue weighted by molar-refractivity contribution is 0.101. The number of ketones is 1. The Hall–Kier alpha value is -2.49. The third kappa shape index (κ3) is 2.20. The minimum absolute atomic E-state index is 0.131. The van der Waals surface area contributed by atoms with Crippen LogP contribution in [0.15, 0.2) is 47.2 Å². The summed E-state index contributed by atoms with van der Waals surface area (Å²) in [5.74, 6) is 0.979. The number of ether oxygens (including phenoxy) is 1. The van der Waals surface area contributed by atoms with E-state index < -0.39 is 0 Å². The van der Waals surface area contributed by atoms with Gasteiger partial charge < -0.3 is 14.1 Å². The van der Waals surface area contributed by atoms with E-state index in [4.69, 9.17) is 9.15 Å². The van der Waals surface area contributed by atoms with Gasteiger partial charge in [0.1, 0.15) is 5.75 Å². The van der Waals surface area contributed by atoms with Gasteiger partial charge in [-0.2, -0.15) is 0 Å². The SMILES string of the molecule is CCCOc1ccc2[nH]cc(C(=O)c3ccco3)c2c1. The molecule has 2 aromatic heterocycles. The van der Waals surface area contributed by atoms with E-state index in [1.165, 1.54) is 6.26 Å². The lowest BCUT2D eigenvalue weighted by Crippen LogP contribution is -1.98. The molecular formula is C16H15NO3. The van der Waals surface area contributed by atoms with Crippen LogP contribution in [0.5, 0.6) is 5.75 Å². The molecule has 0 bridgehead atoms. The molecular weight excluding hydrogens is 254 g/mol. The van der Waals surface area contributed by atoms with Crippen molar-refractivity contribution in [2.75, 3.05) is 6.61 Å². The summed E-state index contributed by atoms with van der Waals surface area (Å²) in [6.07, 6.45) is 4.15. The maximum atomic E-state index is 12.4. The Bertz CT molecular complexity index is 725. The number of hydrogen-bond acceptors (Lipinski definition) is 3. The summed E-state index contributed by atoms with van der Waals surface area (Å²) in [4.78, 5) is 15.4. The van der Waals surface area contributed by atoms with Crippen LogP contribution in [0.25, 0.3) is 10.9 Å². The molecule has 1 N–H and O–H groups in total. The standard InChI is InChI=1S/C16H15NO3/c1-2-7-19-11-5-6-14-12(9-11)13(10-17-14)16(18)15-4-3-8-20-15/h3-6,8-10,17H,2,7H2,1H3. The lowest BCUT2D eigenvalue weighted by atomic mass is 10.1. The number of aromatic amines is 1. The van der Waals surface area contributed by atoms with Crippen LogP contribution >= 0.6 is 0 Å². The Kier molecular flexibility index (Phi) is 3.29. The summed E-state index contributed by atoms with van der Waals surface area (Å²) < 4.78 is 10.8. The summed E-state index contributed by atoms with van der Waals surface area (Å²) in [6.45, 7) is 2.72. The van der Waals surface area contributed by atoms with Gasteiger partial charge in [-0.15, -0.1) is 0 Å². The number of hydrogen-bond donors (Lipinski definition) is 1. The summed E-state index contributed by atoms with van der Waals surface area (Å²) in [5, 5.41) is 0.847. The first-order valence-corrected chi connectivity index (χ1v) is 6.61. The molecule has 0 aliphatic carbocycles. The quantitative estimate of drug-likeness (QED) is 0.717. The molecule has 0 saturated heterocycles. The largest absolute Gasteiger partial charge is 0.494 e. The van der Waals surface area contributed by atoms with Crippen molar-refractivity contribution in [1.29, 1.82) is 0 Å². The molecule has 0 saturated carbocycles. The van der Waals surface area contributed by atoms with Crippen LogP contribution in [-0.2, 0) is 0 Å². The second-order valence-electron chi connectivity index (χ2n) is 4.56. The number of benzene rings is 1. The molecule has 3 aromatic rings. The predicted molar refractivity (Wildman–Crippen MR) is 76.2 cm³/mol. The molecule has 2 heterocycles. The van der Waals surface area contributed by atoms with E-state index in [2.05, 4.69) is 11.9 Å². The number of carbonyl (C=O) groups excluding carboxylic acids is 1. The minimum Gasteiger partial charge on any atom is -0.494 e.